The number of nitrogens with two attached hydrogens (primary N) is 2. The van der Waals surface area contributed by atoms with Gasteiger partial charge in [-0.3, -0.25) is 4.98 Å². The van der Waals surface area contributed by atoms with Crippen molar-refractivity contribution in [1.82, 2.24) is 4.98 Å². The van der Waals surface area contributed by atoms with Crippen molar-refractivity contribution in [2.45, 2.75) is 6.36 Å². The van der Waals surface area contributed by atoms with Crippen LogP contribution in [0, 0.1) is 0 Å². The summed E-state index contributed by atoms with van der Waals surface area (Å²) < 4.78 is 41.1. The number of ether oxygens (including phenoxy) is 1. The maximum absolute atomic E-state index is 12.4. The minimum absolute atomic E-state index is 0.298. The second-order valence-electron chi connectivity index (χ2n) is 7.26. The summed E-state index contributed by atoms with van der Waals surface area (Å²) in [4.78, 5) is 4.08. The normalized spacial score (nSPS) is 11.0. The smallest absolute Gasteiger partial charge is 0.406 e. The van der Waals surface area contributed by atoms with Crippen molar-refractivity contribution in [2.75, 3.05) is 27.4 Å². The van der Waals surface area contributed by atoms with Gasteiger partial charge in [-0.2, -0.15) is 0 Å². The fourth-order valence-corrected chi connectivity index (χ4v) is 3.18. The molecule has 3 aromatic carbocycles. The van der Waals surface area contributed by atoms with Crippen molar-refractivity contribution in [3.05, 3.63) is 85.2 Å². The molecule has 7 N–H and O–H groups in total. The average molecular weight is 466 g/mol. The van der Waals surface area contributed by atoms with Crippen LogP contribution in [0.1, 0.15) is 0 Å². The van der Waals surface area contributed by atoms with Gasteiger partial charge in [-0.25, -0.2) is 0 Å². The van der Waals surface area contributed by atoms with Gasteiger partial charge in [-0.15, -0.1) is 13.2 Å². The van der Waals surface area contributed by atoms with Crippen LogP contribution in [-0.4, -0.2) is 11.3 Å². The molecule has 174 valence electrons. The van der Waals surface area contributed by atoms with E-state index < -0.39 is 6.36 Å². The summed E-state index contributed by atoms with van der Waals surface area (Å²) in [5.41, 5.74) is 17.2. The number of aromatic nitrogens is 1. The largest absolute Gasteiger partial charge is 0.573 e. The lowest BCUT2D eigenvalue weighted by Crippen LogP contribution is -2.16. The van der Waals surface area contributed by atoms with Crippen LogP contribution in [0.25, 0.3) is 0 Å². The molecule has 0 aliphatic carbocycles. The fraction of sp³-hybridized carbons (Fsp3) is 0.0417. The van der Waals surface area contributed by atoms with Gasteiger partial charge in [0.05, 0.1) is 46.0 Å². The summed E-state index contributed by atoms with van der Waals surface area (Å²) in [6, 6.07) is 19.9. The zero-order chi connectivity index (χ0) is 24.1. The Kier molecular flexibility index (Phi) is 6.30. The molecule has 0 bridgehead atoms. The Hall–Kier alpha value is -4.60. The van der Waals surface area contributed by atoms with Crippen molar-refractivity contribution >= 4 is 45.5 Å². The molecule has 10 heteroatoms. The number of nitrogens with one attached hydrogen (secondary N) is 3. The monoisotopic (exact) mass is 466 g/mol. The summed E-state index contributed by atoms with van der Waals surface area (Å²) in [6.07, 6.45) is -1.40. The van der Waals surface area contributed by atoms with Gasteiger partial charge in [-0.1, -0.05) is 12.1 Å². The maximum Gasteiger partial charge on any atom is 0.573 e. The predicted molar refractivity (Wildman–Crippen MR) is 129 cm³/mol. The Morgan fingerprint density at radius 1 is 0.676 bits per heavy atom. The molecule has 0 saturated carbocycles. The number of anilines is 8. The standard InChI is InChI=1S/C24H21F3N6O/c25-24(26,27)34-17-9-7-15(8-10-17)31-20-5-1-2-6-21(20)33-23-13-22(18(28)12-19(23)29)32-16-4-3-11-30-14-16/h1-14,31-33H,28-29H2. The van der Waals surface area contributed by atoms with Crippen LogP contribution in [0.2, 0.25) is 0 Å². The topological polar surface area (TPSA) is 110 Å². The number of nitrogen functional groups attached to an aromatic ring is 2. The van der Waals surface area contributed by atoms with Crippen molar-refractivity contribution in [3.63, 3.8) is 0 Å². The Bertz CT molecular complexity index is 1260. The number of para-hydroxylation sites is 2. The van der Waals surface area contributed by atoms with Crippen LogP contribution in [0.4, 0.5) is 58.7 Å². The van der Waals surface area contributed by atoms with Crippen molar-refractivity contribution in [1.29, 1.82) is 0 Å². The van der Waals surface area contributed by atoms with Crippen molar-refractivity contribution in [2.24, 2.45) is 0 Å². The van der Waals surface area contributed by atoms with Crippen LogP contribution in [0.5, 0.6) is 5.75 Å². The molecule has 0 saturated heterocycles. The third-order valence-corrected chi connectivity index (χ3v) is 4.73. The molecule has 7 nitrogen and oxygen atoms in total. The second-order valence-corrected chi connectivity index (χ2v) is 7.26. The minimum Gasteiger partial charge on any atom is -0.406 e. The zero-order valence-electron chi connectivity index (χ0n) is 17.7. The molecule has 1 aromatic heterocycles. The van der Waals surface area contributed by atoms with Gasteiger partial charge < -0.3 is 32.2 Å². The molecule has 0 spiro atoms. The molecular weight excluding hydrogens is 445 g/mol. The number of hydrogen-bond donors (Lipinski definition) is 5. The molecule has 4 rings (SSSR count). The lowest BCUT2D eigenvalue weighted by molar-refractivity contribution is -0.274. The lowest BCUT2D eigenvalue weighted by atomic mass is 10.1. The fourth-order valence-electron chi connectivity index (χ4n) is 3.18. The number of halogens is 3. The van der Waals surface area contributed by atoms with Crippen LogP contribution in [0.3, 0.4) is 0 Å². The van der Waals surface area contributed by atoms with E-state index in [1.165, 1.54) is 24.3 Å². The van der Waals surface area contributed by atoms with E-state index in [9.17, 15) is 13.2 Å². The highest BCUT2D eigenvalue weighted by atomic mass is 19.4. The third kappa shape index (κ3) is 5.80. The molecule has 1 heterocycles. The number of hydrogen-bond acceptors (Lipinski definition) is 7. The first kappa shape index (κ1) is 22.6. The van der Waals surface area contributed by atoms with E-state index in [2.05, 4.69) is 25.7 Å². The number of alkyl halides is 3. The van der Waals surface area contributed by atoms with Crippen LogP contribution in [-0.2, 0) is 0 Å². The van der Waals surface area contributed by atoms with Crippen molar-refractivity contribution in [3.8, 4) is 5.75 Å². The molecule has 34 heavy (non-hydrogen) atoms. The SMILES string of the molecule is Nc1cc(N)c(Nc2ccccc2Nc2ccc(OC(F)(F)F)cc2)cc1Nc1cccnc1. The first-order valence-electron chi connectivity index (χ1n) is 10.1. The number of rotatable bonds is 7. The highest BCUT2D eigenvalue weighted by Gasteiger charge is 2.30. The van der Waals surface area contributed by atoms with Crippen LogP contribution in [0.15, 0.2) is 85.2 Å². The minimum atomic E-state index is -4.74. The van der Waals surface area contributed by atoms with Gasteiger partial charge in [0.1, 0.15) is 5.75 Å². The summed E-state index contributed by atoms with van der Waals surface area (Å²) in [5, 5.41) is 9.67. The van der Waals surface area contributed by atoms with E-state index in [0.717, 1.165) is 5.69 Å². The summed E-state index contributed by atoms with van der Waals surface area (Å²) in [7, 11) is 0. The highest BCUT2D eigenvalue weighted by molar-refractivity contribution is 5.88. The van der Waals surface area contributed by atoms with E-state index in [4.69, 9.17) is 11.5 Å². The second kappa shape index (κ2) is 9.49. The molecule has 4 aromatic rings. The lowest BCUT2D eigenvalue weighted by Gasteiger charge is -2.18. The van der Waals surface area contributed by atoms with Gasteiger partial charge in [-0.05, 0) is 60.7 Å². The predicted octanol–water partition coefficient (Wildman–Crippen LogP) is 6.38. The van der Waals surface area contributed by atoms with Crippen LogP contribution < -0.4 is 32.2 Å². The quantitative estimate of drug-likeness (QED) is 0.201. The number of pyridine rings is 1. The first-order valence-corrected chi connectivity index (χ1v) is 10.1. The molecule has 0 fully saturated rings. The van der Waals surface area contributed by atoms with E-state index in [-0.39, 0.29) is 5.75 Å². The Morgan fingerprint density at radius 3 is 1.91 bits per heavy atom. The first-order chi connectivity index (χ1) is 16.3. The Labute approximate surface area is 193 Å². The Morgan fingerprint density at radius 2 is 1.29 bits per heavy atom. The van der Waals surface area contributed by atoms with Gasteiger partial charge in [0, 0.05) is 11.9 Å². The van der Waals surface area contributed by atoms with Crippen LogP contribution >= 0.6 is 0 Å². The highest BCUT2D eigenvalue weighted by Crippen LogP contribution is 2.36. The molecule has 0 amide bonds. The molecule has 0 aliphatic heterocycles. The average Bonchev–Trinajstić information content (AvgIpc) is 2.79. The molecular formula is C24H21F3N6O. The van der Waals surface area contributed by atoms with Gasteiger partial charge in [0.25, 0.3) is 0 Å². The zero-order valence-corrected chi connectivity index (χ0v) is 17.7. The third-order valence-electron chi connectivity index (χ3n) is 4.73. The maximum atomic E-state index is 12.4. The summed E-state index contributed by atoms with van der Waals surface area (Å²) >= 11 is 0. The van der Waals surface area contributed by atoms with E-state index in [0.29, 0.717) is 39.8 Å². The van der Waals surface area contributed by atoms with Gasteiger partial charge >= 0.3 is 6.36 Å². The number of benzene rings is 3. The van der Waals surface area contributed by atoms with Crippen molar-refractivity contribution < 1.29 is 17.9 Å². The van der Waals surface area contributed by atoms with Gasteiger partial charge in [0.15, 0.2) is 0 Å². The molecule has 0 aliphatic rings. The summed E-state index contributed by atoms with van der Waals surface area (Å²) in [5.74, 6) is -0.298. The van der Waals surface area contributed by atoms with E-state index in [1.807, 2.05) is 30.3 Å². The van der Waals surface area contributed by atoms with E-state index in [1.54, 1.807) is 30.6 Å². The van der Waals surface area contributed by atoms with E-state index >= 15 is 0 Å². The molecule has 0 unspecified atom stereocenters. The Balaban J connectivity index is 1.55. The van der Waals surface area contributed by atoms with Gasteiger partial charge in [0.2, 0.25) is 0 Å². The number of nitrogens with zero attached hydrogens (tertiary/aromatic N) is 1. The summed E-state index contributed by atoms with van der Waals surface area (Å²) in [6.45, 7) is 0. The molecule has 0 radical (unpaired) electrons. The molecule has 0 atom stereocenters.